The van der Waals surface area contributed by atoms with Crippen LogP contribution in [0, 0.1) is 5.82 Å². The largest absolute Gasteiger partial charge is 0.454 e. The van der Waals surface area contributed by atoms with E-state index in [4.69, 9.17) is 19.6 Å². The van der Waals surface area contributed by atoms with Crippen LogP contribution in [-0.2, 0) is 6.54 Å². The summed E-state index contributed by atoms with van der Waals surface area (Å²) in [7, 11) is 0. The molecule has 1 amide bonds. The SMILES string of the molecule is O=C(c1cc(-c2ccc(F)cc2)nc2cc(-c3ccccc3)nn12)N1CCN(Cc2ccc3c(c2)OCO3)CC1. The molecule has 0 radical (unpaired) electrons. The molecule has 0 unspecified atom stereocenters. The van der Waals surface area contributed by atoms with Crippen LogP contribution in [-0.4, -0.2) is 63.3 Å². The van der Waals surface area contributed by atoms with Crippen molar-refractivity contribution in [3.8, 4) is 34.0 Å². The lowest BCUT2D eigenvalue weighted by Crippen LogP contribution is -2.48. The average molecular weight is 536 g/mol. The number of fused-ring (bicyclic) bond motifs is 2. The van der Waals surface area contributed by atoms with Gasteiger partial charge in [-0.1, -0.05) is 36.4 Å². The molecule has 1 saturated heterocycles. The van der Waals surface area contributed by atoms with Crippen molar-refractivity contribution in [2.45, 2.75) is 6.54 Å². The monoisotopic (exact) mass is 535 g/mol. The molecular formula is C31H26FN5O3. The molecule has 1 fully saturated rings. The molecule has 2 aliphatic heterocycles. The predicted octanol–water partition coefficient (Wildman–Crippen LogP) is 4.89. The number of carbonyl (C=O) groups is 1. The van der Waals surface area contributed by atoms with E-state index in [0.29, 0.717) is 30.1 Å². The van der Waals surface area contributed by atoms with E-state index in [1.165, 1.54) is 12.1 Å². The Morgan fingerprint density at radius 2 is 1.55 bits per heavy atom. The van der Waals surface area contributed by atoms with Crippen LogP contribution in [0.1, 0.15) is 16.1 Å². The predicted molar refractivity (Wildman–Crippen MR) is 148 cm³/mol. The summed E-state index contributed by atoms with van der Waals surface area (Å²) >= 11 is 0. The Balaban J connectivity index is 1.16. The van der Waals surface area contributed by atoms with E-state index in [-0.39, 0.29) is 18.5 Å². The van der Waals surface area contributed by atoms with Crippen molar-refractivity contribution < 1.29 is 18.7 Å². The number of hydrogen-bond donors (Lipinski definition) is 0. The van der Waals surface area contributed by atoms with Crippen LogP contribution >= 0.6 is 0 Å². The molecule has 5 aromatic rings. The molecule has 7 rings (SSSR count). The molecular weight excluding hydrogens is 509 g/mol. The first-order valence-corrected chi connectivity index (χ1v) is 13.2. The molecule has 8 nitrogen and oxygen atoms in total. The van der Waals surface area contributed by atoms with Crippen LogP contribution in [0.15, 0.2) is 84.9 Å². The van der Waals surface area contributed by atoms with Gasteiger partial charge in [0.05, 0.1) is 11.4 Å². The second-order valence-electron chi connectivity index (χ2n) is 9.96. The molecule has 40 heavy (non-hydrogen) atoms. The summed E-state index contributed by atoms with van der Waals surface area (Å²) < 4.78 is 26.2. The lowest BCUT2D eigenvalue weighted by Gasteiger charge is -2.34. The molecule has 0 saturated carbocycles. The molecule has 0 aliphatic carbocycles. The van der Waals surface area contributed by atoms with Gasteiger partial charge in [-0.25, -0.2) is 13.9 Å². The highest BCUT2D eigenvalue weighted by atomic mass is 19.1. The van der Waals surface area contributed by atoms with Gasteiger partial charge in [0.1, 0.15) is 11.5 Å². The first-order chi connectivity index (χ1) is 19.6. The number of piperazine rings is 1. The summed E-state index contributed by atoms with van der Waals surface area (Å²) in [5.41, 5.74) is 5.12. The smallest absolute Gasteiger partial charge is 0.272 e. The molecule has 0 bridgehead atoms. The van der Waals surface area contributed by atoms with Crippen molar-refractivity contribution in [2.75, 3.05) is 33.0 Å². The van der Waals surface area contributed by atoms with Crippen molar-refractivity contribution in [1.29, 1.82) is 0 Å². The fraction of sp³-hybridized carbons (Fsp3) is 0.194. The van der Waals surface area contributed by atoms with E-state index in [0.717, 1.165) is 53.5 Å². The van der Waals surface area contributed by atoms with Crippen LogP contribution in [0.2, 0.25) is 0 Å². The van der Waals surface area contributed by atoms with Gasteiger partial charge in [0.2, 0.25) is 6.79 Å². The van der Waals surface area contributed by atoms with E-state index in [2.05, 4.69) is 11.0 Å². The fourth-order valence-corrected chi connectivity index (χ4v) is 5.21. The van der Waals surface area contributed by atoms with Crippen LogP contribution in [0.4, 0.5) is 4.39 Å². The second-order valence-corrected chi connectivity index (χ2v) is 9.96. The number of nitrogens with zero attached hydrogens (tertiary/aromatic N) is 5. The van der Waals surface area contributed by atoms with E-state index in [1.54, 1.807) is 22.7 Å². The lowest BCUT2D eigenvalue weighted by atomic mass is 10.1. The maximum atomic E-state index is 13.9. The van der Waals surface area contributed by atoms with Crippen LogP contribution < -0.4 is 9.47 Å². The fourth-order valence-electron chi connectivity index (χ4n) is 5.21. The Bertz CT molecular complexity index is 1700. The minimum Gasteiger partial charge on any atom is -0.454 e. The number of benzene rings is 3. The number of hydrogen-bond acceptors (Lipinski definition) is 6. The molecule has 0 spiro atoms. The Morgan fingerprint density at radius 3 is 2.35 bits per heavy atom. The maximum Gasteiger partial charge on any atom is 0.272 e. The molecule has 0 N–H and O–H groups in total. The normalized spacial score (nSPS) is 15.1. The lowest BCUT2D eigenvalue weighted by molar-refractivity contribution is 0.0620. The Labute approximate surface area is 230 Å². The zero-order valence-electron chi connectivity index (χ0n) is 21.7. The minimum absolute atomic E-state index is 0.110. The number of rotatable bonds is 5. The van der Waals surface area contributed by atoms with Gasteiger partial charge < -0.3 is 14.4 Å². The van der Waals surface area contributed by atoms with Crippen LogP contribution in [0.25, 0.3) is 28.2 Å². The van der Waals surface area contributed by atoms with Crippen molar-refractivity contribution in [3.63, 3.8) is 0 Å². The van der Waals surface area contributed by atoms with Crippen molar-refractivity contribution in [1.82, 2.24) is 24.4 Å². The highest BCUT2D eigenvalue weighted by Crippen LogP contribution is 2.33. The Hall–Kier alpha value is -4.76. The van der Waals surface area contributed by atoms with E-state index in [1.807, 2.05) is 53.4 Å². The van der Waals surface area contributed by atoms with Gasteiger partial charge >= 0.3 is 0 Å². The molecule has 3 aromatic carbocycles. The third kappa shape index (κ3) is 4.65. The third-order valence-electron chi connectivity index (χ3n) is 7.36. The summed E-state index contributed by atoms with van der Waals surface area (Å²) in [6.45, 7) is 3.69. The maximum absolute atomic E-state index is 13.9. The quantitative estimate of drug-likeness (QED) is 0.319. The Kier molecular flexibility index (Phi) is 6.13. The average Bonchev–Trinajstić information content (AvgIpc) is 3.65. The summed E-state index contributed by atoms with van der Waals surface area (Å²) in [4.78, 5) is 22.9. The van der Waals surface area contributed by atoms with Crippen LogP contribution in [0.3, 0.4) is 0 Å². The summed E-state index contributed by atoms with van der Waals surface area (Å²) in [6, 6.07) is 25.6. The zero-order chi connectivity index (χ0) is 27.1. The van der Waals surface area contributed by atoms with Gasteiger partial charge in [0.15, 0.2) is 17.1 Å². The first kappa shape index (κ1) is 24.3. The highest BCUT2D eigenvalue weighted by molar-refractivity contribution is 5.94. The number of halogens is 1. The van der Waals surface area contributed by atoms with Crippen molar-refractivity contribution in [3.05, 3.63) is 102 Å². The number of aromatic nitrogens is 3. The van der Waals surface area contributed by atoms with E-state index in [9.17, 15) is 9.18 Å². The van der Waals surface area contributed by atoms with E-state index >= 15 is 0 Å². The Morgan fingerprint density at radius 1 is 0.800 bits per heavy atom. The van der Waals surface area contributed by atoms with Gasteiger partial charge in [-0.05, 0) is 48.0 Å². The molecule has 4 heterocycles. The standard InChI is InChI=1S/C31H26FN5O3/c32-24-9-7-23(8-10-24)25-17-27(37-30(33-25)18-26(34-37)22-4-2-1-3-5-22)31(38)36-14-12-35(13-15-36)19-21-6-11-28-29(16-21)40-20-39-28/h1-11,16-18H,12-15,19-20H2. The van der Waals surface area contributed by atoms with Crippen molar-refractivity contribution >= 4 is 11.6 Å². The van der Waals surface area contributed by atoms with Gasteiger partial charge in [-0.15, -0.1) is 0 Å². The molecule has 200 valence electrons. The number of carbonyl (C=O) groups excluding carboxylic acids is 1. The van der Waals surface area contributed by atoms with Crippen molar-refractivity contribution in [2.24, 2.45) is 0 Å². The van der Waals surface area contributed by atoms with Crippen LogP contribution in [0.5, 0.6) is 11.5 Å². The van der Waals surface area contributed by atoms with Gasteiger partial charge in [-0.3, -0.25) is 9.69 Å². The first-order valence-electron chi connectivity index (χ1n) is 13.2. The van der Waals surface area contributed by atoms with Gasteiger partial charge in [0, 0.05) is 49.9 Å². The molecule has 9 heteroatoms. The molecule has 0 atom stereocenters. The van der Waals surface area contributed by atoms with Gasteiger partial charge in [-0.2, -0.15) is 5.10 Å². The minimum atomic E-state index is -0.324. The molecule has 2 aliphatic rings. The number of amides is 1. The summed E-state index contributed by atoms with van der Waals surface area (Å²) in [5, 5.41) is 4.76. The summed E-state index contributed by atoms with van der Waals surface area (Å²) in [5.74, 6) is 1.12. The molecule has 2 aromatic heterocycles. The summed E-state index contributed by atoms with van der Waals surface area (Å²) in [6.07, 6.45) is 0. The third-order valence-corrected chi connectivity index (χ3v) is 7.36. The number of ether oxygens (including phenoxy) is 2. The highest BCUT2D eigenvalue weighted by Gasteiger charge is 2.26. The zero-order valence-corrected chi connectivity index (χ0v) is 21.7. The second kappa shape index (κ2) is 10.1. The van der Waals surface area contributed by atoms with E-state index < -0.39 is 0 Å². The van der Waals surface area contributed by atoms with Gasteiger partial charge in [0.25, 0.3) is 5.91 Å². The topological polar surface area (TPSA) is 72.2 Å².